The number of pyridine rings is 1. The summed E-state index contributed by atoms with van der Waals surface area (Å²) in [5.41, 5.74) is 7.72. The van der Waals surface area contributed by atoms with Crippen molar-refractivity contribution in [2.24, 2.45) is 5.73 Å². The minimum absolute atomic E-state index is 0.429. The molecule has 4 heteroatoms. The van der Waals surface area contributed by atoms with Gasteiger partial charge >= 0.3 is 0 Å². The molecule has 0 amide bonds. The molecular formula is C12H16N4. The smallest absolute Gasteiger partial charge is 0.153 e. The van der Waals surface area contributed by atoms with Crippen LogP contribution in [-0.4, -0.2) is 14.8 Å². The summed E-state index contributed by atoms with van der Waals surface area (Å²) in [7, 11) is 0. The summed E-state index contributed by atoms with van der Waals surface area (Å²) < 4.78 is 1.87. The Morgan fingerprint density at radius 3 is 2.69 bits per heavy atom. The molecule has 2 N–H and O–H groups in total. The van der Waals surface area contributed by atoms with E-state index in [2.05, 4.69) is 23.9 Å². The summed E-state index contributed by atoms with van der Waals surface area (Å²) in [6, 6.07) is 5.94. The summed E-state index contributed by atoms with van der Waals surface area (Å²) in [5.74, 6) is 1.27. The minimum Gasteiger partial charge on any atom is -0.326 e. The fraction of sp³-hybridized carbons (Fsp3) is 0.333. The highest BCUT2D eigenvalue weighted by molar-refractivity contribution is 5.27. The first-order valence-electron chi connectivity index (χ1n) is 5.41. The Labute approximate surface area is 95.1 Å². The topological polar surface area (TPSA) is 56.7 Å². The molecule has 2 aromatic heterocycles. The number of aromatic nitrogens is 3. The molecule has 0 aromatic carbocycles. The zero-order chi connectivity index (χ0) is 11.5. The van der Waals surface area contributed by atoms with Crippen LogP contribution >= 0.6 is 0 Å². The summed E-state index contributed by atoms with van der Waals surface area (Å²) in [6.45, 7) is 4.80. The van der Waals surface area contributed by atoms with Gasteiger partial charge in [0.1, 0.15) is 0 Å². The second kappa shape index (κ2) is 4.45. The van der Waals surface area contributed by atoms with E-state index in [1.807, 2.05) is 22.9 Å². The van der Waals surface area contributed by atoms with Crippen LogP contribution in [0.15, 0.2) is 30.6 Å². The third-order valence-corrected chi connectivity index (χ3v) is 2.53. The fourth-order valence-electron chi connectivity index (χ4n) is 1.60. The lowest BCUT2D eigenvalue weighted by Gasteiger charge is -2.09. The predicted octanol–water partition coefficient (Wildman–Crippen LogP) is 1.85. The van der Waals surface area contributed by atoms with Gasteiger partial charge in [0, 0.05) is 24.6 Å². The quantitative estimate of drug-likeness (QED) is 0.851. The largest absolute Gasteiger partial charge is 0.326 e. The van der Waals surface area contributed by atoms with E-state index >= 15 is 0 Å². The highest BCUT2D eigenvalue weighted by Crippen LogP contribution is 2.16. The molecule has 2 rings (SSSR count). The Hall–Kier alpha value is -1.68. The number of rotatable bonds is 3. The maximum absolute atomic E-state index is 5.53. The normalized spacial score (nSPS) is 11.0. The Morgan fingerprint density at radius 1 is 1.31 bits per heavy atom. The molecule has 0 aliphatic carbocycles. The van der Waals surface area contributed by atoms with Crippen molar-refractivity contribution < 1.29 is 0 Å². The van der Waals surface area contributed by atoms with E-state index in [1.165, 1.54) is 0 Å². The Balaban J connectivity index is 2.38. The van der Waals surface area contributed by atoms with Crippen LogP contribution in [0.1, 0.15) is 31.0 Å². The molecule has 0 aliphatic heterocycles. The summed E-state index contributed by atoms with van der Waals surface area (Å²) in [4.78, 5) is 4.36. The average molecular weight is 216 g/mol. The molecule has 0 saturated carbocycles. The van der Waals surface area contributed by atoms with Gasteiger partial charge in [-0.3, -0.25) is 0 Å². The van der Waals surface area contributed by atoms with E-state index in [4.69, 9.17) is 5.73 Å². The van der Waals surface area contributed by atoms with Gasteiger partial charge in [0.05, 0.1) is 0 Å². The lowest BCUT2D eigenvalue weighted by Crippen LogP contribution is -2.06. The van der Waals surface area contributed by atoms with Gasteiger partial charge in [-0.05, 0) is 23.6 Å². The van der Waals surface area contributed by atoms with Crippen LogP contribution in [-0.2, 0) is 6.54 Å². The molecule has 2 heterocycles. The van der Waals surface area contributed by atoms with E-state index in [0.29, 0.717) is 12.5 Å². The van der Waals surface area contributed by atoms with Crippen LogP contribution in [0.5, 0.6) is 0 Å². The SMILES string of the molecule is CC(C)c1ccnn1-c1ccc(CN)cn1. The van der Waals surface area contributed by atoms with Crippen molar-refractivity contribution in [2.75, 3.05) is 0 Å². The first-order chi connectivity index (χ1) is 7.72. The van der Waals surface area contributed by atoms with Gasteiger partial charge in [-0.2, -0.15) is 5.10 Å². The molecule has 4 nitrogen and oxygen atoms in total. The molecule has 0 spiro atoms. The molecule has 2 aromatic rings. The lowest BCUT2D eigenvalue weighted by molar-refractivity contribution is 0.720. The summed E-state index contributed by atoms with van der Waals surface area (Å²) >= 11 is 0. The van der Waals surface area contributed by atoms with Crippen molar-refractivity contribution in [3.05, 3.63) is 41.9 Å². The van der Waals surface area contributed by atoms with Crippen molar-refractivity contribution >= 4 is 0 Å². The van der Waals surface area contributed by atoms with E-state index in [1.54, 1.807) is 12.4 Å². The number of hydrogen-bond donors (Lipinski definition) is 1. The van der Waals surface area contributed by atoms with Crippen molar-refractivity contribution in [3.63, 3.8) is 0 Å². The molecular weight excluding hydrogens is 200 g/mol. The fourth-order valence-corrected chi connectivity index (χ4v) is 1.60. The number of nitrogens with two attached hydrogens (primary N) is 1. The van der Waals surface area contributed by atoms with E-state index in [9.17, 15) is 0 Å². The van der Waals surface area contributed by atoms with Gasteiger partial charge in [0.25, 0.3) is 0 Å². The van der Waals surface area contributed by atoms with Gasteiger partial charge in [-0.25, -0.2) is 9.67 Å². The Kier molecular flexibility index (Phi) is 3.01. The number of hydrogen-bond acceptors (Lipinski definition) is 3. The molecule has 0 atom stereocenters. The third kappa shape index (κ3) is 1.97. The standard InChI is InChI=1S/C12H16N4/c1-9(2)11-5-6-15-16(11)12-4-3-10(7-13)8-14-12/h3-6,8-9H,7,13H2,1-2H3. The Bertz CT molecular complexity index is 456. The number of nitrogens with zero attached hydrogens (tertiary/aromatic N) is 3. The van der Waals surface area contributed by atoms with Gasteiger partial charge in [0.2, 0.25) is 0 Å². The van der Waals surface area contributed by atoms with Crippen molar-refractivity contribution in [2.45, 2.75) is 26.3 Å². The molecule has 0 fully saturated rings. The molecule has 0 radical (unpaired) electrons. The lowest BCUT2D eigenvalue weighted by atomic mass is 10.1. The van der Waals surface area contributed by atoms with Crippen LogP contribution < -0.4 is 5.73 Å². The second-order valence-electron chi connectivity index (χ2n) is 4.05. The van der Waals surface area contributed by atoms with Crippen LogP contribution in [0.2, 0.25) is 0 Å². The highest BCUT2D eigenvalue weighted by Gasteiger charge is 2.08. The van der Waals surface area contributed by atoms with Crippen LogP contribution in [0.4, 0.5) is 0 Å². The third-order valence-electron chi connectivity index (χ3n) is 2.53. The van der Waals surface area contributed by atoms with Crippen LogP contribution in [0.25, 0.3) is 5.82 Å². The first-order valence-corrected chi connectivity index (χ1v) is 5.41. The zero-order valence-corrected chi connectivity index (χ0v) is 9.59. The van der Waals surface area contributed by atoms with Crippen molar-refractivity contribution in [1.29, 1.82) is 0 Å². The zero-order valence-electron chi connectivity index (χ0n) is 9.59. The average Bonchev–Trinajstić information content (AvgIpc) is 2.78. The minimum atomic E-state index is 0.429. The van der Waals surface area contributed by atoms with Crippen molar-refractivity contribution in [1.82, 2.24) is 14.8 Å². The van der Waals surface area contributed by atoms with E-state index in [0.717, 1.165) is 17.1 Å². The predicted molar refractivity (Wildman–Crippen MR) is 63.3 cm³/mol. The van der Waals surface area contributed by atoms with Crippen LogP contribution in [0, 0.1) is 0 Å². The summed E-state index contributed by atoms with van der Waals surface area (Å²) in [5, 5.41) is 4.29. The summed E-state index contributed by atoms with van der Waals surface area (Å²) in [6.07, 6.45) is 3.59. The van der Waals surface area contributed by atoms with E-state index < -0.39 is 0 Å². The molecule has 0 bridgehead atoms. The van der Waals surface area contributed by atoms with Crippen molar-refractivity contribution in [3.8, 4) is 5.82 Å². The van der Waals surface area contributed by atoms with Gasteiger partial charge in [-0.15, -0.1) is 0 Å². The molecule has 84 valence electrons. The maximum atomic E-state index is 5.53. The molecule has 16 heavy (non-hydrogen) atoms. The molecule has 0 saturated heterocycles. The highest BCUT2D eigenvalue weighted by atomic mass is 15.3. The monoisotopic (exact) mass is 216 g/mol. The maximum Gasteiger partial charge on any atom is 0.153 e. The molecule has 0 aliphatic rings. The first kappa shape index (κ1) is 10.8. The second-order valence-corrected chi connectivity index (χ2v) is 4.05. The van der Waals surface area contributed by atoms with Crippen LogP contribution in [0.3, 0.4) is 0 Å². The molecule has 0 unspecified atom stereocenters. The Morgan fingerprint density at radius 2 is 2.12 bits per heavy atom. The van der Waals surface area contributed by atoms with E-state index in [-0.39, 0.29) is 0 Å². The van der Waals surface area contributed by atoms with Gasteiger partial charge < -0.3 is 5.73 Å². The van der Waals surface area contributed by atoms with Gasteiger partial charge in [0.15, 0.2) is 5.82 Å². The van der Waals surface area contributed by atoms with Gasteiger partial charge in [-0.1, -0.05) is 19.9 Å².